The molecule has 0 atom stereocenters. The predicted molar refractivity (Wildman–Crippen MR) is 75.8 cm³/mol. The summed E-state index contributed by atoms with van der Waals surface area (Å²) in [6, 6.07) is 0.404. The second-order valence-electron chi connectivity index (χ2n) is 4.69. The smallest absolute Gasteiger partial charge is 0.191 e. The molecular formula is C13H25N5. The first-order chi connectivity index (χ1) is 8.61. The van der Waals surface area contributed by atoms with E-state index in [4.69, 9.17) is 0 Å². The van der Waals surface area contributed by atoms with Crippen LogP contribution in [0, 0.1) is 0 Å². The van der Waals surface area contributed by atoms with E-state index >= 15 is 0 Å². The van der Waals surface area contributed by atoms with Gasteiger partial charge in [-0.15, -0.1) is 0 Å². The first-order valence-corrected chi connectivity index (χ1v) is 6.64. The van der Waals surface area contributed by atoms with Crippen LogP contribution in [0.2, 0.25) is 0 Å². The predicted octanol–water partition coefficient (Wildman–Crippen LogP) is 1.32. The minimum atomic E-state index is 0.404. The van der Waals surface area contributed by atoms with E-state index in [1.54, 1.807) is 0 Å². The molecule has 0 saturated heterocycles. The van der Waals surface area contributed by atoms with Gasteiger partial charge in [-0.2, -0.15) is 5.10 Å². The zero-order chi connectivity index (χ0) is 13.4. The number of aromatic nitrogens is 2. The fraction of sp³-hybridized carbons (Fsp3) is 0.692. The number of aryl methyl sites for hydroxylation is 2. The molecule has 0 unspecified atom stereocenters. The van der Waals surface area contributed by atoms with Crippen molar-refractivity contribution in [3.05, 3.63) is 18.0 Å². The molecule has 0 fully saturated rings. The SMILES string of the molecule is CCNC(=NCCCc1cnn(C)c1)NC(C)C. The van der Waals surface area contributed by atoms with E-state index in [0.717, 1.165) is 31.9 Å². The summed E-state index contributed by atoms with van der Waals surface area (Å²) in [6.45, 7) is 8.02. The number of nitrogens with zero attached hydrogens (tertiary/aromatic N) is 3. The fourth-order valence-corrected chi connectivity index (χ4v) is 1.67. The van der Waals surface area contributed by atoms with Crippen LogP contribution >= 0.6 is 0 Å². The normalized spacial score (nSPS) is 11.9. The minimum absolute atomic E-state index is 0.404. The lowest BCUT2D eigenvalue weighted by Crippen LogP contribution is -2.41. The Morgan fingerprint density at radius 2 is 2.28 bits per heavy atom. The molecule has 0 saturated carbocycles. The molecule has 5 heteroatoms. The summed E-state index contributed by atoms with van der Waals surface area (Å²) in [6.07, 6.45) is 6.04. The zero-order valence-corrected chi connectivity index (χ0v) is 11.9. The van der Waals surface area contributed by atoms with E-state index in [-0.39, 0.29) is 0 Å². The minimum Gasteiger partial charge on any atom is -0.357 e. The Kier molecular flexibility index (Phi) is 6.25. The maximum Gasteiger partial charge on any atom is 0.191 e. The molecular weight excluding hydrogens is 226 g/mol. The van der Waals surface area contributed by atoms with Crippen molar-refractivity contribution in [2.24, 2.45) is 12.0 Å². The molecule has 0 aliphatic heterocycles. The fourth-order valence-electron chi connectivity index (χ4n) is 1.67. The Balaban J connectivity index is 2.31. The number of guanidine groups is 1. The van der Waals surface area contributed by atoms with Gasteiger partial charge in [-0.05, 0) is 39.2 Å². The molecule has 2 N–H and O–H groups in total. The number of aliphatic imine (C=N–C) groups is 1. The Labute approximate surface area is 110 Å². The lowest BCUT2D eigenvalue weighted by molar-refractivity contribution is 0.696. The summed E-state index contributed by atoms with van der Waals surface area (Å²) in [4.78, 5) is 4.54. The molecule has 5 nitrogen and oxygen atoms in total. The number of nitrogens with one attached hydrogen (secondary N) is 2. The summed E-state index contributed by atoms with van der Waals surface area (Å²) in [5, 5.41) is 10.7. The molecule has 1 aromatic rings. The van der Waals surface area contributed by atoms with E-state index in [1.807, 2.05) is 17.9 Å². The Bertz CT molecular complexity index is 367. The second kappa shape index (κ2) is 7.74. The Morgan fingerprint density at radius 1 is 1.50 bits per heavy atom. The molecule has 0 bridgehead atoms. The highest BCUT2D eigenvalue weighted by molar-refractivity contribution is 5.79. The van der Waals surface area contributed by atoms with E-state index in [9.17, 15) is 0 Å². The van der Waals surface area contributed by atoms with Crippen LogP contribution in [0.3, 0.4) is 0 Å². The molecule has 1 rings (SSSR count). The lowest BCUT2D eigenvalue weighted by Gasteiger charge is -2.13. The van der Waals surface area contributed by atoms with Crippen LogP contribution in [0.25, 0.3) is 0 Å². The highest BCUT2D eigenvalue weighted by Crippen LogP contribution is 2.00. The molecule has 0 spiro atoms. The first kappa shape index (κ1) is 14.5. The Morgan fingerprint density at radius 3 is 2.83 bits per heavy atom. The summed E-state index contributed by atoms with van der Waals surface area (Å²) < 4.78 is 1.84. The quantitative estimate of drug-likeness (QED) is 0.455. The summed E-state index contributed by atoms with van der Waals surface area (Å²) in [7, 11) is 1.94. The number of rotatable bonds is 6. The molecule has 0 aliphatic carbocycles. The van der Waals surface area contributed by atoms with E-state index < -0.39 is 0 Å². The van der Waals surface area contributed by atoms with Gasteiger partial charge in [-0.1, -0.05) is 0 Å². The molecule has 1 heterocycles. The van der Waals surface area contributed by atoms with Crippen LogP contribution in [0.5, 0.6) is 0 Å². The molecule has 1 aromatic heterocycles. The van der Waals surface area contributed by atoms with Crippen molar-refractivity contribution in [3.8, 4) is 0 Å². The molecule has 0 amide bonds. The standard InChI is InChI=1S/C13H25N5/c1-5-14-13(17-11(2)3)15-8-6-7-12-9-16-18(4)10-12/h9-11H,5-8H2,1-4H3,(H2,14,15,17). The molecule has 0 aromatic carbocycles. The van der Waals surface area contributed by atoms with Crippen LogP contribution in [-0.4, -0.2) is 34.9 Å². The van der Waals surface area contributed by atoms with Gasteiger partial charge in [-0.3, -0.25) is 9.67 Å². The highest BCUT2D eigenvalue weighted by Gasteiger charge is 1.99. The first-order valence-electron chi connectivity index (χ1n) is 6.64. The molecule has 18 heavy (non-hydrogen) atoms. The van der Waals surface area contributed by atoms with Crippen LogP contribution in [0.15, 0.2) is 17.4 Å². The average molecular weight is 251 g/mol. The number of hydrogen-bond donors (Lipinski definition) is 2. The highest BCUT2D eigenvalue weighted by atomic mass is 15.2. The van der Waals surface area contributed by atoms with Gasteiger partial charge in [-0.25, -0.2) is 0 Å². The van der Waals surface area contributed by atoms with Gasteiger partial charge in [0, 0.05) is 32.4 Å². The van der Waals surface area contributed by atoms with Gasteiger partial charge < -0.3 is 10.6 Å². The molecule has 0 radical (unpaired) electrons. The van der Waals surface area contributed by atoms with Crippen molar-refractivity contribution in [2.75, 3.05) is 13.1 Å². The maximum atomic E-state index is 4.54. The molecule has 0 aliphatic rings. The van der Waals surface area contributed by atoms with Crippen molar-refractivity contribution < 1.29 is 0 Å². The summed E-state index contributed by atoms with van der Waals surface area (Å²) in [5.74, 6) is 0.902. The van der Waals surface area contributed by atoms with Crippen molar-refractivity contribution >= 4 is 5.96 Å². The van der Waals surface area contributed by atoms with Crippen LogP contribution < -0.4 is 10.6 Å². The third-order valence-electron chi connectivity index (χ3n) is 2.42. The van der Waals surface area contributed by atoms with Gasteiger partial charge in [0.05, 0.1) is 6.20 Å². The number of hydrogen-bond acceptors (Lipinski definition) is 2. The van der Waals surface area contributed by atoms with Gasteiger partial charge in [0.15, 0.2) is 5.96 Å². The average Bonchev–Trinajstić information content (AvgIpc) is 2.70. The van der Waals surface area contributed by atoms with Crippen molar-refractivity contribution in [1.29, 1.82) is 0 Å². The van der Waals surface area contributed by atoms with Crippen molar-refractivity contribution in [1.82, 2.24) is 20.4 Å². The lowest BCUT2D eigenvalue weighted by atomic mass is 10.2. The summed E-state index contributed by atoms with van der Waals surface area (Å²) in [5.41, 5.74) is 1.27. The maximum absolute atomic E-state index is 4.54. The van der Waals surface area contributed by atoms with Crippen LogP contribution in [-0.2, 0) is 13.5 Å². The van der Waals surface area contributed by atoms with Crippen LogP contribution in [0.1, 0.15) is 32.8 Å². The Hall–Kier alpha value is -1.52. The molecule has 102 valence electrons. The zero-order valence-electron chi connectivity index (χ0n) is 11.9. The topological polar surface area (TPSA) is 54.2 Å². The van der Waals surface area contributed by atoms with Gasteiger partial charge in [0.25, 0.3) is 0 Å². The van der Waals surface area contributed by atoms with E-state index in [2.05, 4.69) is 47.7 Å². The van der Waals surface area contributed by atoms with Gasteiger partial charge >= 0.3 is 0 Å². The third-order valence-corrected chi connectivity index (χ3v) is 2.42. The summed E-state index contributed by atoms with van der Waals surface area (Å²) >= 11 is 0. The van der Waals surface area contributed by atoms with Gasteiger partial charge in [0.2, 0.25) is 0 Å². The second-order valence-corrected chi connectivity index (χ2v) is 4.69. The third kappa shape index (κ3) is 5.70. The van der Waals surface area contributed by atoms with Crippen molar-refractivity contribution in [3.63, 3.8) is 0 Å². The monoisotopic (exact) mass is 251 g/mol. The van der Waals surface area contributed by atoms with Gasteiger partial charge in [0.1, 0.15) is 0 Å². The van der Waals surface area contributed by atoms with Crippen LogP contribution in [0.4, 0.5) is 0 Å². The van der Waals surface area contributed by atoms with Crippen molar-refractivity contribution in [2.45, 2.75) is 39.7 Å². The van der Waals surface area contributed by atoms with E-state index in [0.29, 0.717) is 6.04 Å². The van der Waals surface area contributed by atoms with E-state index in [1.165, 1.54) is 5.56 Å². The largest absolute Gasteiger partial charge is 0.357 e.